The fraction of sp³-hybridized carbons (Fsp3) is 0.185. The van der Waals surface area contributed by atoms with E-state index in [2.05, 4.69) is 30.8 Å². The first-order chi connectivity index (χ1) is 18.3. The van der Waals surface area contributed by atoms with Crippen LogP contribution in [-0.2, 0) is 11.3 Å². The Morgan fingerprint density at radius 2 is 1.76 bits per heavy atom. The van der Waals surface area contributed by atoms with Crippen molar-refractivity contribution >= 4 is 6.09 Å². The van der Waals surface area contributed by atoms with Gasteiger partial charge in [-0.15, -0.1) is 5.10 Å². The summed E-state index contributed by atoms with van der Waals surface area (Å²) in [4.78, 5) is 20.5. The fourth-order valence-corrected chi connectivity index (χ4v) is 3.68. The largest absolute Gasteiger partial charge is 0.444 e. The molecule has 0 saturated carbocycles. The van der Waals surface area contributed by atoms with Gasteiger partial charge < -0.3 is 14.6 Å². The fourth-order valence-electron chi connectivity index (χ4n) is 3.68. The number of para-hydroxylation sites is 1. The monoisotopic (exact) mass is 513 g/mol. The summed E-state index contributed by atoms with van der Waals surface area (Å²) < 4.78 is 26.8. The highest BCUT2D eigenvalue weighted by Crippen LogP contribution is 2.32. The number of nitrogens with one attached hydrogen (secondary N) is 1. The van der Waals surface area contributed by atoms with Crippen LogP contribution in [0.2, 0.25) is 0 Å². The summed E-state index contributed by atoms with van der Waals surface area (Å²) in [7, 11) is 0. The lowest BCUT2D eigenvalue weighted by atomic mass is 10.1. The number of carbonyl (C=O) groups is 1. The molecule has 0 unspecified atom stereocenters. The number of amides is 1. The number of aromatic nitrogens is 6. The maximum atomic E-state index is 14.6. The van der Waals surface area contributed by atoms with Crippen molar-refractivity contribution in [2.24, 2.45) is 0 Å². The minimum atomic E-state index is -0.567. The van der Waals surface area contributed by atoms with Crippen LogP contribution in [0.1, 0.15) is 26.3 Å². The summed E-state index contributed by atoms with van der Waals surface area (Å²) in [6.07, 6.45) is 2.75. The first kappa shape index (κ1) is 24.8. The van der Waals surface area contributed by atoms with Crippen LogP contribution in [0.5, 0.6) is 0 Å². The molecule has 0 bridgehead atoms. The van der Waals surface area contributed by atoms with Crippen molar-refractivity contribution in [2.75, 3.05) is 0 Å². The molecule has 0 fully saturated rings. The quantitative estimate of drug-likeness (QED) is 0.328. The first-order valence-electron chi connectivity index (χ1n) is 11.8. The molecule has 0 spiro atoms. The number of rotatable bonds is 6. The Labute approximate surface area is 217 Å². The van der Waals surface area contributed by atoms with Crippen LogP contribution in [0.25, 0.3) is 39.9 Å². The van der Waals surface area contributed by atoms with Gasteiger partial charge in [0.15, 0.2) is 5.69 Å². The van der Waals surface area contributed by atoms with Crippen molar-refractivity contribution in [3.63, 3.8) is 0 Å². The Bertz CT molecular complexity index is 1560. The molecule has 11 heteroatoms. The topological polar surface area (TPSA) is 121 Å². The number of carbonyl (C=O) groups excluding carboxylic acids is 1. The summed E-state index contributed by atoms with van der Waals surface area (Å²) in [5.41, 5.74) is 2.72. The van der Waals surface area contributed by atoms with E-state index >= 15 is 0 Å². The lowest BCUT2D eigenvalue weighted by Crippen LogP contribution is -2.32. The summed E-state index contributed by atoms with van der Waals surface area (Å²) in [6.45, 7) is 5.73. The number of pyridine rings is 1. The minimum absolute atomic E-state index is 0.130. The molecule has 1 N–H and O–H groups in total. The standard InChI is InChI=1S/C27H24FN7O3/c1-27(2,3)37-26(36)30-16-17-8-10-19(11-9-17)24-31-25(38-33-24)22-23(18-12-14-29-15-13-18)35(34-32-22)21-7-5-4-6-20(21)28/h4-15H,16H2,1-3H3,(H,30,36). The van der Waals surface area contributed by atoms with E-state index in [0.29, 0.717) is 34.9 Å². The van der Waals surface area contributed by atoms with Crippen molar-refractivity contribution in [3.05, 3.63) is 84.4 Å². The van der Waals surface area contributed by atoms with Crippen molar-refractivity contribution in [1.29, 1.82) is 0 Å². The molecule has 192 valence electrons. The maximum absolute atomic E-state index is 14.6. The molecule has 0 saturated heterocycles. The molecule has 0 aliphatic rings. The lowest BCUT2D eigenvalue weighted by Gasteiger charge is -2.19. The predicted octanol–water partition coefficient (Wildman–Crippen LogP) is 5.21. The number of alkyl carbamates (subject to hydrolysis) is 1. The SMILES string of the molecule is CC(C)(C)OC(=O)NCc1ccc(-c2noc(-c3nnn(-c4ccccc4F)c3-c3ccncc3)n2)cc1. The van der Waals surface area contributed by atoms with Crippen LogP contribution in [0.3, 0.4) is 0 Å². The number of benzene rings is 2. The van der Waals surface area contributed by atoms with Crippen LogP contribution >= 0.6 is 0 Å². The maximum Gasteiger partial charge on any atom is 0.407 e. The summed E-state index contributed by atoms with van der Waals surface area (Å²) in [5.74, 6) is 0.0181. The van der Waals surface area contributed by atoms with Gasteiger partial charge in [-0.3, -0.25) is 4.98 Å². The molecule has 2 aromatic carbocycles. The second kappa shape index (κ2) is 10.2. The first-order valence-corrected chi connectivity index (χ1v) is 11.8. The second-order valence-electron chi connectivity index (χ2n) is 9.36. The van der Waals surface area contributed by atoms with Gasteiger partial charge in [-0.2, -0.15) is 4.98 Å². The second-order valence-corrected chi connectivity index (χ2v) is 9.36. The van der Waals surface area contributed by atoms with Gasteiger partial charge in [-0.05, 0) is 50.6 Å². The molecule has 0 aliphatic carbocycles. The van der Waals surface area contributed by atoms with E-state index in [1.54, 1.807) is 63.5 Å². The molecule has 0 radical (unpaired) electrons. The van der Waals surface area contributed by atoms with Crippen LogP contribution in [0, 0.1) is 5.82 Å². The van der Waals surface area contributed by atoms with Crippen LogP contribution in [0.4, 0.5) is 9.18 Å². The lowest BCUT2D eigenvalue weighted by molar-refractivity contribution is 0.0523. The number of halogens is 1. The van der Waals surface area contributed by atoms with Crippen molar-refractivity contribution in [2.45, 2.75) is 32.9 Å². The van der Waals surface area contributed by atoms with Gasteiger partial charge in [0.2, 0.25) is 5.82 Å². The predicted molar refractivity (Wildman–Crippen MR) is 136 cm³/mol. The van der Waals surface area contributed by atoms with Gasteiger partial charge >= 0.3 is 6.09 Å². The van der Waals surface area contributed by atoms with E-state index in [4.69, 9.17) is 9.26 Å². The summed E-state index contributed by atoms with van der Waals surface area (Å²) >= 11 is 0. The minimum Gasteiger partial charge on any atom is -0.444 e. The third-order valence-electron chi connectivity index (χ3n) is 5.38. The van der Waals surface area contributed by atoms with Crippen LogP contribution in [0.15, 0.2) is 77.6 Å². The third-order valence-corrected chi connectivity index (χ3v) is 5.38. The van der Waals surface area contributed by atoms with Crippen molar-refractivity contribution in [1.82, 2.24) is 35.4 Å². The van der Waals surface area contributed by atoms with E-state index < -0.39 is 17.5 Å². The van der Waals surface area contributed by atoms with Gasteiger partial charge in [0.25, 0.3) is 5.89 Å². The molecule has 0 atom stereocenters. The van der Waals surface area contributed by atoms with Crippen LogP contribution < -0.4 is 5.32 Å². The number of ether oxygens (including phenoxy) is 1. The number of nitrogens with zero attached hydrogens (tertiary/aromatic N) is 6. The number of hydrogen-bond acceptors (Lipinski definition) is 8. The summed E-state index contributed by atoms with van der Waals surface area (Å²) in [5, 5.41) is 15.3. The van der Waals surface area contributed by atoms with E-state index in [-0.39, 0.29) is 11.6 Å². The molecule has 5 rings (SSSR count). The molecule has 5 aromatic rings. The Balaban J connectivity index is 1.41. The Morgan fingerprint density at radius 1 is 1.03 bits per heavy atom. The van der Waals surface area contributed by atoms with E-state index in [9.17, 15) is 9.18 Å². The zero-order valence-electron chi connectivity index (χ0n) is 20.9. The Morgan fingerprint density at radius 3 is 2.47 bits per heavy atom. The molecule has 3 aromatic heterocycles. The molecular formula is C27H24FN7O3. The normalized spacial score (nSPS) is 11.4. The molecule has 3 heterocycles. The average Bonchev–Trinajstić information content (AvgIpc) is 3.55. The highest BCUT2D eigenvalue weighted by atomic mass is 19.1. The van der Waals surface area contributed by atoms with E-state index in [1.807, 2.05) is 24.3 Å². The van der Waals surface area contributed by atoms with E-state index in [0.717, 1.165) is 5.56 Å². The van der Waals surface area contributed by atoms with Gasteiger partial charge in [0, 0.05) is 30.1 Å². The molecule has 1 amide bonds. The molecule has 38 heavy (non-hydrogen) atoms. The average molecular weight is 514 g/mol. The smallest absolute Gasteiger partial charge is 0.407 e. The summed E-state index contributed by atoms with van der Waals surface area (Å²) in [6, 6.07) is 17.1. The van der Waals surface area contributed by atoms with Gasteiger partial charge in [0.1, 0.15) is 22.8 Å². The Kier molecular flexibility index (Phi) is 6.65. The highest BCUT2D eigenvalue weighted by molar-refractivity contribution is 5.76. The van der Waals surface area contributed by atoms with Gasteiger partial charge in [0.05, 0.1) is 0 Å². The van der Waals surface area contributed by atoms with Gasteiger partial charge in [-0.1, -0.05) is 46.8 Å². The molecular weight excluding hydrogens is 489 g/mol. The van der Waals surface area contributed by atoms with Crippen molar-refractivity contribution < 1.29 is 18.4 Å². The number of hydrogen-bond donors (Lipinski definition) is 1. The van der Waals surface area contributed by atoms with Crippen LogP contribution in [-0.4, -0.2) is 41.8 Å². The molecule has 10 nitrogen and oxygen atoms in total. The van der Waals surface area contributed by atoms with E-state index in [1.165, 1.54) is 10.7 Å². The third kappa shape index (κ3) is 5.41. The highest BCUT2D eigenvalue weighted by Gasteiger charge is 2.24. The Hall–Kier alpha value is -4.93. The molecule has 0 aliphatic heterocycles. The zero-order valence-corrected chi connectivity index (χ0v) is 20.9. The van der Waals surface area contributed by atoms with Crippen molar-refractivity contribution in [3.8, 4) is 39.9 Å². The van der Waals surface area contributed by atoms with Gasteiger partial charge in [-0.25, -0.2) is 13.9 Å². The zero-order chi connectivity index (χ0) is 26.7.